The van der Waals surface area contributed by atoms with Crippen molar-refractivity contribution in [2.75, 3.05) is 38.0 Å². The largest absolute Gasteiger partial charge is 0.495 e. The van der Waals surface area contributed by atoms with Crippen molar-refractivity contribution in [3.05, 3.63) is 58.6 Å². The number of anilines is 2. The average Bonchev–Trinajstić information content (AvgIpc) is 3.50. The standard InChI is InChI=1S/C28H33N3O5S/c1-18-9-14-23(36-3)22(17-18)30-24-25(28(34)31(27(24)33)15-6-16-35-2)37-21-12-10-20(11-13-21)29-26(32)19-7-4-5-8-19/h9-14,17,19,30H,4-8,15-16H2,1-3H3,(H,29,32). The minimum Gasteiger partial charge on any atom is -0.495 e. The maximum Gasteiger partial charge on any atom is 0.278 e. The van der Waals surface area contributed by atoms with Gasteiger partial charge in [0, 0.05) is 36.8 Å². The van der Waals surface area contributed by atoms with E-state index in [0.717, 1.165) is 36.1 Å². The van der Waals surface area contributed by atoms with E-state index in [9.17, 15) is 14.4 Å². The van der Waals surface area contributed by atoms with Gasteiger partial charge in [-0.2, -0.15) is 0 Å². The molecule has 3 amide bonds. The molecule has 1 heterocycles. The molecule has 1 fully saturated rings. The zero-order chi connectivity index (χ0) is 26.4. The summed E-state index contributed by atoms with van der Waals surface area (Å²) in [4.78, 5) is 41.5. The first kappa shape index (κ1) is 26.8. The summed E-state index contributed by atoms with van der Waals surface area (Å²) in [5.74, 6) is -0.0190. The monoisotopic (exact) mass is 523 g/mol. The lowest BCUT2D eigenvalue weighted by atomic mass is 10.1. The minimum absolute atomic E-state index is 0.0578. The number of benzene rings is 2. The van der Waals surface area contributed by atoms with Crippen molar-refractivity contribution in [1.29, 1.82) is 0 Å². The fourth-order valence-electron chi connectivity index (χ4n) is 4.54. The molecule has 196 valence electrons. The number of hydrogen-bond donors (Lipinski definition) is 2. The smallest absolute Gasteiger partial charge is 0.278 e. The Balaban J connectivity index is 1.56. The van der Waals surface area contributed by atoms with Gasteiger partial charge in [0.15, 0.2) is 0 Å². The molecule has 1 saturated carbocycles. The Morgan fingerprint density at radius 2 is 1.78 bits per heavy atom. The summed E-state index contributed by atoms with van der Waals surface area (Å²) in [5.41, 5.74) is 2.53. The number of nitrogens with one attached hydrogen (secondary N) is 2. The van der Waals surface area contributed by atoms with E-state index in [1.807, 2.05) is 49.4 Å². The van der Waals surface area contributed by atoms with Crippen LogP contribution >= 0.6 is 11.8 Å². The SMILES string of the molecule is COCCCN1C(=O)C(Nc2cc(C)ccc2OC)=C(Sc2ccc(NC(=O)C3CCCC3)cc2)C1=O. The van der Waals surface area contributed by atoms with Gasteiger partial charge in [-0.3, -0.25) is 19.3 Å². The second-order valence-electron chi connectivity index (χ2n) is 9.24. The van der Waals surface area contributed by atoms with E-state index in [2.05, 4.69) is 10.6 Å². The maximum atomic E-state index is 13.4. The summed E-state index contributed by atoms with van der Waals surface area (Å²) in [5, 5.41) is 6.16. The van der Waals surface area contributed by atoms with E-state index < -0.39 is 0 Å². The zero-order valence-electron chi connectivity index (χ0n) is 21.5. The van der Waals surface area contributed by atoms with E-state index in [1.165, 1.54) is 16.7 Å². The highest BCUT2D eigenvalue weighted by atomic mass is 32.2. The van der Waals surface area contributed by atoms with Gasteiger partial charge in [-0.05, 0) is 68.1 Å². The Labute approximate surface area is 221 Å². The Morgan fingerprint density at radius 1 is 1.05 bits per heavy atom. The van der Waals surface area contributed by atoms with Crippen molar-refractivity contribution in [3.8, 4) is 5.75 Å². The molecule has 0 atom stereocenters. The number of ether oxygens (including phenoxy) is 2. The van der Waals surface area contributed by atoms with Crippen molar-refractivity contribution in [2.24, 2.45) is 5.92 Å². The Bertz CT molecular complexity index is 1190. The first-order valence-electron chi connectivity index (χ1n) is 12.5. The van der Waals surface area contributed by atoms with Crippen LogP contribution in [0.15, 0.2) is 58.0 Å². The molecule has 2 aromatic carbocycles. The number of hydrogen-bond acceptors (Lipinski definition) is 7. The highest BCUT2D eigenvalue weighted by Gasteiger charge is 2.39. The van der Waals surface area contributed by atoms with Crippen LogP contribution in [-0.2, 0) is 19.1 Å². The molecule has 0 spiro atoms. The first-order chi connectivity index (χ1) is 17.9. The average molecular weight is 524 g/mol. The van der Waals surface area contributed by atoms with Gasteiger partial charge in [-0.15, -0.1) is 0 Å². The van der Waals surface area contributed by atoms with Gasteiger partial charge >= 0.3 is 0 Å². The predicted molar refractivity (Wildman–Crippen MR) is 144 cm³/mol. The fraction of sp³-hybridized carbons (Fsp3) is 0.393. The van der Waals surface area contributed by atoms with Gasteiger partial charge in [0.05, 0.1) is 12.8 Å². The van der Waals surface area contributed by atoms with Gasteiger partial charge in [0.1, 0.15) is 16.4 Å². The molecular formula is C28H33N3O5S. The second kappa shape index (κ2) is 12.3. The summed E-state index contributed by atoms with van der Waals surface area (Å²) in [6.07, 6.45) is 4.62. The molecule has 0 aromatic heterocycles. The topological polar surface area (TPSA) is 97.0 Å². The lowest BCUT2D eigenvalue weighted by Crippen LogP contribution is -2.33. The molecule has 2 aliphatic rings. The molecule has 2 aromatic rings. The van der Waals surface area contributed by atoms with Gasteiger partial charge in [0.2, 0.25) is 5.91 Å². The normalized spacial score (nSPS) is 16.0. The van der Waals surface area contributed by atoms with Crippen LogP contribution in [-0.4, -0.2) is 50.0 Å². The van der Waals surface area contributed by atoms with Crippen molar-refractivity contribution in [1.82, 2.24) is 4.90 Å². The highest BCUT2D eigenvalue weighted by molar-refractivity contribution is 8.04. The molecule has 8 nitrogen and oxygen atoms in total. The van der Waals surface area contributed by atoms with Crippen LogP contribution in [0, 0.1) is 12.8 Å². The first-order valence-corrected chi connectivity index (χ1v) is 13.3. The second-order valence-corrected chi connectivity index (χ2v) is 10.3. The molecular weight excluding hydrogens is 490 g/mol. The molecule has 2 N–H and O–H groups in total. The number of carbonyl (C=O) groups is 3. The number of methoxy groups -OCH3 is 2. The lowest BCUT2D eigenvalue weighted by Gasteiger charge is -2.15. The Kier molecular flexibility index (Phi) is 8.89. The van der Waals surface area contributed by atoms with Gasteiger partial charge in [-0.1, -0.05) is 30.7 Å². The molecule has 1 aliphatic heterocycles. The number of amides is 3. The van der Waals surface area contributed by atoms with E-state index >= 15 is 0 Å². The van der Waals surface area contributed by atoms with Crippen LogP contribution in [0.3, 0.4) is 0 Å². The molecule has 4 rings (SSSR count). The highest BCUT2D eigenvalue weighted by Crippen LogP contribution is 2.38. The van der Waals surface area contributed by atoms with E-state index in [4.69, 9.17) is 9.47 Å². The molecule has 1 aliphatic carbocycles. The van der Waals surface area contributed by atoms with Crippen LogP contribution in [0.1, 0.15) is 37.7 Å². The number of imide groups is 1. The predicted octanol–water partition coefficient (Wildman–Crippen LogP) is 4.95. The van der Waals surface area contributed by atoms with Gasteiger partial charge in [0.25, 0.3) is 11.8 Å². The molecule has 9 heteroatoms. The van der Waals surface area contributed by atoms with E-state index in [0.29, 0.717) is 35.1 Å². The molecule has 0 bridgehead atoms. The maximum absolute atomic E-state index is 13.4. The van der Waals surface area contributed by atoms with Crippen LogP contribution in [0.25, 0.3) is 0 Å². The molecule has 37 heavy (non-hydrogen) atoms. The van der Waals surface area contributed by atoms with Crippen molar-refractivity contribution in [3.63, 3.8) is 0 Å². The third kappa shape index (κ3) is 6.34. The van der Waals surface area contributed by atoms with Gasteiger partial charge in [-0.25, -0.2) is 0 Å². The minimum atomic E-state index is -0.382. The van der Waals surface area contributed by atoms with E-state index in [1.54, 1.807) is 14.2 Å². The van der Waals surface area contributed by atoms with Crippen LogP contribution in [0.2, 0.25) is 0 Å². The van der Waals surface area contributed by atoms with E-state index in [-0.39, 0.29) is 35.9 Å². The third-order valence-electron chi connectivity index (χ3n) is 6.54. The molecule has 0 saturated heterocycles. The quantitative estimate of drug-likeness (QED) is 0.318. The lowest BCUT2D eigenvalue weighted by molar-refractivity contribution is -0.137. The van der Waals surface area contributed by atoms with Crippen molar-refractivity contribution >= 4 is 40.9 Å². The van der Waals surface area contributed by atoms with Gasteiger partial charge < -0.3 is 20.1 Å². The fourth-order valence-corrected chi connectivity index (χ4v) is 5.49. The molecule has 0 radical (unpaired) electrons. The van der Waals surface area contributed by atoms with Crippen LogP contribution < -0.4 is 15.4 Å². The number of rotatable bonds is 11. The third-order valence-corrected chi connectivity index (χ3v) is 7.63. The van der Waals surface area contributed by atoms with Crippen molar-refractivity contribution in [2.45, 2.75) is 43.9 Å². The summed E-state index contributed by atoms with van der Waals surface area (Å²) in [6, 6.07) is 13.0. The Hall–Kier alpha value is -3.30. The number of nitrogens with zero attached hydrogens (tertiary/aromatic N) is 1. The number of thioether (sulfide) groups is 1. The summed E-state index contributed by atoms with van der Waals surface area (Å²) in [7, 11) is 3.15. The summed E-state index contributed by atoms with van der Waals surface area (Å²) >= 11 is 1.22. The number of aryl methyl sites for hydroxylation is 1. The van der Waals surface area contributed by atoms with Crippen LogP contribution in [0.4, 0.5) is 11.4 Å². The number of carbonyl (C=O) groups excluding carboxylic acids is 3. The Morgan fingerprint density at radius 3 is 2.46 bits per heavy atom. The summed E-state index contributed by atoms with van der Waals surface area (Å²) in [6.45, 7) is 2.65. The molecule has 0 unspecified atom stereocenters. The zero-order valence-corrected chi connectivity index (χ0v) is 22.3. The summed E-state index contributed by atoms with van der Waals surface area (Å²) < 4.78 is 10.6. The van der Waals surface area contributed by atoms with Crippen molar-refractivity contribution < 1.29 is 23.9 Å². The van der Waals surface area contributed by atoms with Crippen LogP contribution in [0.5, 0.6) is 5.75 Å².